The van der Waals surface area contributed by atoms with E-state index in [0.29, 0.717) is 0 Å². The van der Waals surface area contributed by atoms with Crippen LogP contribution in [0.25, 0.3) is 16.8 Å². The van der Waals surface area contributed by atoms with E-state index in [-0.39, 0.29) is 5.82 Å². The molecule has 102 valence electrons. The molecule has 0 aliphatic carbocycles. The lowest BCUT2D eigenvalue weighted by Gasteiger charge is -1.99. The molecule has 20 heavy (non-hydrogen) atoms. The molecule has 0 aromatic carbocycles. The summed E-state index contributed by atoms with van der Waals surface area (Å²) >= 11 is 0. The average molecular weight is 270 g/mol. The lowest BCUT2D eigenvalue weighted by molar-refractivity contribution is -0.697. The van der Waals surface area contributed by atoms with Crippen molar-refractivity contribution in [2.45, 2.75) is 26.8 Å². The van der Waals surface area contributed by atoms with Crippen molar-refractivity contribution in [2.75, 3.05) is 0 Å². The standard InChI is InChI=1S/C16H17FN3/c1-3-7-19-10-13(9-14(17)11-19)16-12(2)15-6-4-5-8-20(15)18-16/h4-6,8-11H,3,7H2,1-2H3/q+1. The highest BCUT2D eigenvalue weighted by atomic mass is 19.1. The quantitative estimate of drug-likeness (QED) is 0.670. The maximum absolute atomic E-state index is 13.8. The molecule has 0 spiro atoms. The molecule has 0 radical (unpaired) electrons. The fourth-order valence-electron chi connectivity index (χ4n) is 2.51. The third-order valence-corrected chi connectivity index (χ3v) is 3.43. The van der Waals surface area contributed by atoms with Gasteiger partial charge in [-0.25, -0.2) is 13.5 Å². The Bertz CT molecular complexity index is 762. The van der Waals surface area contributed by atoms with Crippen molar-refractivity contribution in [3.63, 3.8) is 0 Å². The monoisotopic (exact) mass is 270 g/mol. The maximum atomic E-state index is 13.8. The van der Waals surface area contributed by atoms with E-state index in [0.717, 1.165) is 35.3 Å². The molecule has 0 aliphatic rings. The van der Waals surface area contributed by atoms with E-state index < -0.39 is 0 Å². The molecular weight excluding hydrogens is 253 g/mol. The minimum absolute atomic E-state index is 0.229. The Hall–Kier alpha value is -2.23. The molecule has 0 unspecified atom stereocenters. The molecule has 0 saturated carbocycles. The number of rotatable bonds is 3. The summed E-state index contributed by atoms with van der Waals surface area (Å²) in [6.07, 6.45) is 6.36. The van der Waals surface area contributed by atoms with E-state index in [4.69, 9.17) is 0 Å². The van der Waals surface area contributed by atoms with Crippen LogP contribution in [-0.4, -0.2) is 9.61 Å². The second-order valence-electron chi connectivity index (χ2n) is 4.98. The Labute approximate surface area is 117 Å². The highest BCUT2D eigenvalue weighted by Crippen LogP contribution is 2.24. The van der Waals surface area contributed by atoms with Gasteiger partial charge in [0.2, 0.25) is 6.20 Å². The van der Waals surface area contributed by atoms with E-state index in [9.17, 15) is 4.39 Å². The number of fused-ring (bicyclic) bond motifs is 1. The van der Waals surface area contributed by atoms with Crippen molar-refractivity contribution in [3.8, 4) is 11.3 Å². The minimum Gasteiger partial charge on any atom is -0.240 e. The first kappa shape index (κ1) is 12.8. The molecule has 0 fully saturated rings. The molecule has 0 saturated heterocycles. The normalized spacial score (nSPS) is 11.2. The maximum Gasteiger partial charge on any atom is 0.204 e. The highest BCUT2D eigenvalue weighted by molar-refractivity contribution is 5.71. The van der Waals surface area contributed by atoms with E-state index in [1.165, 1.54) is 6.20 Å². The van der Waals surface area contributed by atoms with Crippen LogP contribution in [0.3, 0.4) is 0 Å². The zero-order valence-corrected chi connectivity index (χ0v) is 11.7. The Morgan fingerprint density at radius 3 is 2.90 bits per heavy atom. The van der Waals surface area contributed by atoms with Crippen LogP contribution < -0.4 is 4.57 Å². The molecule has 0 aliphatic heterocycles. The van der Waals surface area contributed by atoms with Gasteiger partial charge in [0.15, 0.2) is 12.0 Å². The second-order valence-corrected chi connectivity index (χ2v) is 4.98. The fourth-order valence-corrected chi connectivity index (χ4v) is 2.51. The molecule has 3 rings (SSSR count). The summed E-state index contributed by atoms with van der Waals surface area (Å²) in [6, 6.07) is 7.48. The molecule has 0 N–H and O–H groups in total. The topological polar surface area (TPSA) is 21.2 Å². The van der Waals surface area contributed by atoms with Crippen LogP contribution in [-0.2, 0) is 6.54 Å². The van der Waals surface area contributed by atoms with Crippen molar-refractivity contribution >= 4 is 5.52 Å². The van der Waals surface area contributed by atoms with Gasteiger partial charge in [0, 0.05) is 18.2 Å². The average Bonchev–Trinajstić information content (AvgIpc) is 2.77. The zero-order chi connectivity index (χ0) is 14.1. The summed E-state index contributed by atoms with van der Waals surface area (Å²) in [5.74, 6) is -0.229. The van der Waals surface area contributed by atoms with Crippen molar-refractivity contribution in [3.05, 3.63) is 54.2 Å². The minimum atomic E-state index is -0.229. The van der Waals surface area contributed by atoms with Gasteiger partial charge in [0.05, 0.1) is 11.1 Å². The fraction of sp³-hybridized carbons (Fsp3) is 0.250. The summed E-state index contributed by atoms with van der Waals surface area (Å²) in [6.45, 7) is 4.90. The lowest BCUT2D eigenvalue weighted by Crippen LogP contribution is -2.33. The molecule has 0 bridgehead atoms. The molecule has 0 atom stereocenters. The first-order chi connectivity index (χ1) is 9.69. The number of pyridine rings is 2. The van der Waals surface area contributed by atoms with Gasteiger partial charge in [-0.1, -0.05) is 13.0 Å². The molecule has 3 aromatic rings. The predicted octanol–water partition coefficient (Wildman–Crippen LogP) is 3.15. The first-order valence-electron chi connectivity index (χ1n) is 6.83. The molecule has 0 amide bonds. The molecule has 4 heteroatoms. The number of hydrogen-bond donors (Lipinski definition) is 0. The van der Waals surface area contributed by atoms with Gasteiger partial charge in [0.1, 0.15) is 12.2 Å². The van der Waals surface area contributed by atoms with Crippen LogP contribution in [0.4, 0.5) is 4.39 Å². The Kier molecular flexibility index (Phi) is 3.22. The summed E-state index contributed by atoms with van der Waals surface area (Å²) < 4.78 is 17.5. The van der Waals surface area contributed by atoms with Gasteiger partial charge in [-0.2, -0.15) is 5.10 Å². The number of halogens is 1. The van der Waals surface area contributed by atoms with Crippen molar-refractivity contribution < 1.29 is 8.96 Å². The SMILES string of the molecule is CCC[n+]1cc(F)cc(-c2nn3ccccc3c2C)c1. The van der Waals surface area contributed by atoms with Gasteiger partial charge in [-0.05, 0) is 25.1 Å². The van der Waals surface area contributed by atoms with Crippen LogP contribution in [0.5, 0.6) is 0 Å². The predicted molar refractivity (Wildman–Crippen MR) is 75.8 cm³/mol. The van der Waals surface area contributed by atoms with Crippen LogP contribution in [0, 0.1) is 12.7 Å². The summed E-state index contributed by atoms with van der Waals surface area (Å²) in [7, 11) is 0. The molecule has 3 nitrogen and oxygen atoms in total. The number of hydrogen-bond acceptors (Lipinski definition) is 1. The van der Waals surface area contributed by atoms with Crippen LogP contribution in [0.15, 0.2) is 42.9 Å². The smallest absolute Gasteiger partial charge is 0.204 e. The lowest BCUT2D eigenvalue weighted by atomic mass is 10.1. The van der Waals surface area contributed by atoms with Gasteiger partial charge >= 0.3 is 0 Å². The van der Waals surface area contributed by atoms with Gasteiger partial charge in [-0.3, -0.25) is 0 Å². The summed E-state index contributed by atoms with van der Waals surface area (Å²) in [4.78, 5) is 0. The van der Waals surface area contributed by atoms with Gasteiger partial charge in [0.25, 0.3) is 0 Å². The van der Waals surface area contributed by atoms with Crippen molar-refractivity contribution in [1.29, 1.82) is 0 Å². The third-order valence-electron chi connectivity index (χ3n) is 3.43. The zero-order valence-electron chi connectivity index (χ0n) is 11.7. The third kappa shape index (κ3) is 2.18. The second kappa shape index (κ2) is 5.04. The Morgan fingerprint density at radius 1 is 1.30 bits per heavy atom. The Balaban J connectivity index is 2.17. The van der Waals surface area contributed by atoms with Crippen LogP contribution >= 0.6 is 0 Å². The largest absolute Gasteiger partial charge is 0.240 e. The van der Waals surface area contributed by atoms with Gasteiger partial charge < -0.3 is 0 Å². The first-order valence-corrected chi connectivity index (χ1v) is 6.83. The van der Waals surface area contributed by atoms with E-state index in [1.54, 1.807) is 6.07 Å². The molecular formula is C16H17FN3+. The van der Waals surface area contributed by atoms with Crippen molar-refractivity contribution in [1.82, 2.24) is 9.61 Å². The van der Waals surface area contributed by atoms with E-state index in [1.807, 2.05) is 46.6 Å². The van der Waals surface area contributed by atoms with E-state index in [2.05, 4.69) is 12.0 Å². The van der Waals surface area contributed by atoms with E-state index >= 15 is 0 Å². The van der Waals surface area contributed by atoms with Crippen molar-refractivity contribution in [2.24, 2.45) is 0 Å². The number of nitrogens with zero attached hydrogens (tertiary/aromatic N) is 3. The van der Waals surface area contributed by atoms with Gasteiger partial charge in [-0.15, -0.1) is 0 Å². The summed E-state index contributed by atoms with van der Waals surface area (Å²) in [5.41, 5.74) is 3.77. The number of aryl methyl sites for hydroxylation is 2. The van der Waals surface area contributed by atoms with Crippen LogP contribution in [0.1, 0.15) is 18.9 Å². The molecule has 3 aromatic heterocycles. The highest BCUT2D eigenvalue weighted by Gasteiger charge is 2.15. The Morgan fingerprint density at radius 2 is 2.15 bits per heavy atom. The summed E-state index contributed by atoms with van der Waals surface area (Å²) in [5, 5.41) is 4.56. The number of aromatic nitrogens is 3. The molecule has 3 heterocycles. The van der Waals surface area contributed by atoms with Crippen LogP contribution in [0.2, 0.25) is 0 Å².